The van der Waals surface area contributed by atoms with E-state index in [9.17, 15) is 14.4 Å². The van der Waals surface area contributed by atoms with Crippen molar-refractivity contribution < 1.29 is 19.5 Å². The van der Waals surface area contributed by atoms with E-state index in [-0.39, 0.29) is 17.4 Å². The standard InChI is InChI=1S/C16H18N4O4/c1-10(2)19(9-14(21)22)16(24)12-8-13(15(17)23)20(18-12)11-6-4-3-5-7-11/h3-8,10H,9H2,1-2H3,(H2,17,23)(H,21,22). The van der Waals surface area contributed by atoms with Crippen LogP contribution in [0.15, 0.2) is 36.4 Å². The number of nitrogens with zero attached hydrogens (tertiary/aromatic N) is 3. The van der Waals surface area contributed by atoms with Crippen molar-refractivity contribution in [3.63, 3.8) is 0 Å². The van der Waals surface area contributed by atoms with Crippen LogP contribution in [0.4, 0.5) is 0 Å². The molecule has 0 unspecified atom stereocenters. The molecule has 3 N–H and O–H groups in total. The average molecular weight is 330 g/mol. The molecular formula is C16H18N4O4. The number of carboxylic acids is 1. The summed E-state index contributed by atoms with van der Waals surface area (Å²) >= 11 is 0. The first-order chi connectivity index (χ1) is 11.3. The van der Waals surface area contributed by atoms with Crippen LogP contribution in [0.2, 0.25) is 0 Å². The zero-order valence-corrected chi connectivity index (χ0v) is 13.3. The molecule has 2 rings (SSSR count). The number of para-hydroxylation sites is 1. The fraction of sp³-hybridized carbons (Fsp3) is 0.250. The smallest absolute Gasteiger partial charge is 0.323 e. The molecular weight excluding hydrogens is 312 g/mol. The number of hydrogen-bond donors (Lipinski definition) is 2. The predicted octanol–water partition coefficient (Wildman–Crippen LogP) is 0.906. The van der Waals surface area contributed by atoms with E-state index in [0.29, 0.717) is 5.69 Å². The van der Waals surface area contributed by atoms with Gasteiger partial charge in [-0.05, 0) is 26.0 Å². The molecule has 2 aromatic rings. The second-order valence-corrected chi connectivity index (χ2v) is 5.45. The molecule has 1 heterocycles. The third-order valence-corrected chi connectivity index (χ3v) is 3.37. The average Bonchev–Trinajstić information content (AvgIpc) is 2.98. The number of nitrogens with two attached hydrogens (primary N) is 1. The number of carbonyl (C=O) groups is 3. The van der Waals surface area contributed by atoms with Crippen molar-refractivity contribution >= 4 is 17.8 Å². The lowest BCUT2D eigenvalue weighted by Crippen LogP contribution is -2.40. The molecule has 1 aromatic heterocycles. The fourth-order valence-electron chi connectivity index (χ4n) is 2.21. The molecule has 0 aliphatic carbocycles. The number of carboxylic acid groups (broad SMARTS) is 1. The Labute approximate surface area is 138 Å². The summed E-state index contributed by atoms with van der Waals surface area (Å²) in [6.45, 7) is 2.94. The minimum absolute atomic E-state index is 0.0393. The monoisotopic (exact) mass is 330 g/mol. The minimum atomic E-state index is -1.13. The number of hydrogen-bond acceptors (Lipinski definition) is 4. The number of primary amides is 1. The molecule has 0 spiro atoms. The van der Waals surface area contributed by atoms with Crippen LogP contribution in [0.3, 0.4) is 0 Å². The van der Waals surface area contributed by atoms with E-state index in [1.165, 1.54) is 10.7 Å². The molecule has 126 valence electrons. The maximum Gasteiger partial charge on any atom is 0.323 e. The largest absolute Gasteiger partial charge is 0.480 e. The van der Waals surface area contributed by atoms with Gasteiger partial charge in [0.1, 0.15) is 12.2 Å². The highest BCUT2D eigenvalue weighted by atomic mass is 16.4. The van der Waals surface area contributed by atoms with Gasteiger partial charge in [0.25, 0.3) is 11.8 Å². The Kier molecular flexibility index (Phi) is 4.98. The molecule has 0 radical (unpaired) electrons. The van der Waals surface area contributed by atoms with Crippen molar-refractivity contribution in [3.05, 3.63) is 47.8 Å². The van der Waals surface area contributed by atoms with Gasteiger partial charge in [-0.15, -0.1) is 0 Å². The zero-order valence-electron chi connectivity index (χ0n) is 13.3. The van der Waals surface area contributed by atoms with Crippen molar-refractivity contribution in [2.45, 2.75) is 19.9 Å². The first-order valence-electron chi connectivity index (χ1n) is 7.29. The highest BCUT2D eigenvalue weighted by Gasteiger charge is 2.26. The number of rotatable bonds is 6. The maximum atomic E-state index is 12.6. The summed E-state index contributed by atoms with van der Waals surface area (Å²) in [6.07, 6.45) is 0. The number of aliphatic carboxylic acids is 1. The Morgan fingerprint density at radius 2 is 1.88 bits per heavy atom. The van der Waals surface area contributed by atoms with E-state index in [4.69, 9.17) is 10.8 Å². The zero-order chi connectivity index (χ0) is 17.9. The molecule has 8 nitrogen and oxygen atoms in total. The van der Waals surface area contributed by atoms with Crippen LogP contribution in [-0.2, 0) is 4.79 Å². The van der Waals surface area contributed by atoms with Crippen LogP contribution in [0.5, 0.6) is 0 Å². The summed E-state index contributed by atoms with van der Waals surface area (Å²) < 4.78 is 1.27. The second-order valence-electron chi connectivity index (χ2n) is 5.45. The molecule has 0 saturated heterocycles. The van der Waals surface area contributed by atoms with Gasteiger partial charge in [-0.1, -0.05) is 18.2 Å². The maximum absolute atomic E-state index is 12.6. The normalized spacial score (nSPS) is 10.6. The van der Waals surface area contributed by atoms with E-state index in [1.807, 2.05) is 0 Å². The molecule has 0 saturated carbocycles. The minimum Gasteiger partial charge on any atom is -0.480 e. The molecule has 0 aliphatic heterocycles. The SMILES string of the molecule is CC(C)N(CC(=O)O)C(=O)c1cc(C(N)=O)n(-c2ccccc2)n1. The van der Waals surface area contributed by atoms with Gasteiger partial charge >= 0.3 is 5.97 Å². The molecule has 24 heavy (non-hydrogen) atoms. The van der Waals surface area contributed by atoms with Crippen LogP contribution < -0.4 is 5.73 Å². The van der Waals surface area contributed by atoms with Crippen molar-refractivity contribution in [2.24, 2.45) is 5.73 Å². The van der Waals surface area contributed by atoms with Gasteiger partial charge in [0.2, 0.25) is 0 Å². The molecule has 2 amide bonds. The summed E-state index contributed by atoms with van der Waals surface area (Å²) in [4.78, 5) is 36.3. The highest BCUT2D eigenvalue weighted by molar-refractivity contribution is 5.98. The summed E-state index contributed by atoms with van der Waals surface area (Å²) in [5.41, 5.74) is 5.94. The quantitative estimate of drug-likeness (QED) is 0.816. The van der Waals surface area contributed by atoms with Crippen LogP contribution in [-0.4, -0.2) is 50.2 Å². The van der Waals surface area contributed by atoms with Gasteiger partial charge < -0.3 is 15.7 Å². The predicted molar refractivity (Wildman–Crippen MR) is 85.9 cm³/mol. The first-order valence-corrected chi connectivity index (χ1v) is 7.29. The van der Waals surface area contributed by atoms with E-state index < -0.39 is 24.3 Å². The topological polar surface area (TPSA) is 119 Å². The summed E-state index contributed by atoms with van der Waals surface area (Å²) in [5.74, 6) is -2.45. The lowest BCUT2D eigenvalue weighted by Gasteiger charge is -2.23. The lowest BCUT2D eigenvalue weighted by atomic mass is 10.2. The Morgan fingerprint density at radius 3 is 2.38 bits per heavy atom. The molecule has 0 fully saturated rings. The fourth-order valence-corrected chi connectivity index (χ4v) is 2.21. The summed E-state index contributed by atoms with van der Waals surface area (Å²) in [6, 6.07) is 9.68. The Balaban J connectivity index is 2.46. The summed E-state index contributed by atoms with van der Waals surface area (Å²) in [7, 11) is 0. The van der Waals surface area contributed by atoms with Gasteiger partial charge in [-0.2, -0.15) is 5.10 Å². The van der Waals surface area contributed by atoms with Crippen molar-refractivity contribution in [2.75, 3.05) is 6.54 Å². The Hall–Kier alpha value is -3.16. The van der Waals surface area contributed by atoms with E-state index in [0.717, 1.165) is 4.90 Å². The van der Waals surface area contributed by atoms with Crippen molar-refractivity contribution in [1.29, 1.82) is 0 Å². The first kappa shape index (κ1) is 17.2. The van der Waals surface area contributed by atoms with Gasteiger partial charge in [0, 0.05) is 12.1 Å². The van der Waals surface area contributed by atoms with Crippen molar-refractivity contribution in [1.82, 2.24) is 14.7 Å². The van der Waals surface area contributed by atoms with Gasteiger partial charge in [-0.3, -0.25) is 14.4 Å². The number of amides is 2. The second kappa shape index (κ2) is 6.95. The Bertz CT molecular complexity index is 768. The van der Waals surface area contributed by atoms with Crippen LogP contribution in [0.1, 0.15) is 34.8 Å². The number of carbonyl (C=O) groups excluding carboxylic acids is 2. The van der Waals surface area contributed by atoms with Gasteiger partial charge in [0.05, 0.1) is 5.69 Å². The number of benzene rings is 1. The molecule has 0 bridgehead atoms. The van der Waals surface area contributed by atoms with E-state index in [2.05, 4.69) is 5.10 Å². The molecule has 1 aromatic carbocycles. The van der Waals surface area contributed by atoms with Gasteiger partial charge in [-0.25, -0.2) is 4.68 Å². The van der Waals surface area contributed by atoms with Gasteiger partial charge in [0.15, 0.2) is 5.69 Å². The Morgan fingerprint density at radius 1 is 1.25 bits per heavy atom. The molecule has 0 aliphatic rings. The van der Waals surface area contributed by atoms with Crippen LogP contribution in [0, 0.1) is 0 Å². The lowest BCUT2D eigenvalue weighted by molar-refractivity contribution is -0.138. The van der Waals surface area contributed by atoms with Crippen LogP contribution in [0.25, 0.3) is 5.69 Å². The van der Waals surface area contributed by atoms with Crippen LogP contribution >= 0.6 is 0 Å². The molecule has 8 heteroatoms. The molecule has 0 atom stereocenters. The van der Waals surface area contributed by atoms with Crippen molar-refractivity contribution in [3.8, 4) is 5.69 Å². The van der Waals surface area contributed by atoms with E-state index in [1.54, 1.807) is 44.2 Å². The third kappa shape index (κ3) is 3.60. The summed E-state index contributed by atoms with van der Waals surface area (Å²) in [5, 5.41) is 13.1. The van der Waals surface area contributed by atoms with E-state index >= 15 is 0 Å². The third-order valence-electron chi connectivity index (χ3n) is 3.37. The number of aromatic nitrogens is 2. The highest BCUT2D eigenvalue weighted by Crippen LogP contribution is 2.15.